The van der Waals surface area contributed by atoms with Crippen LogP contribution in [-0.2, 0) is 14.4 Å². The third-order valence-corrected chi connectivity index (χ3v) is 7.47. The summed E-state index contributed by atoms with van der Waals surface area (Å²) in [6, 6.07) is 2.46. The molecular weight excluding hydrogens is 456 g/mol. The van der Waals surface area contributed by atoms with Crippen molar-refractivity contribution < 1.29 is 23.2 Å². The molecule has 4 fully saturated rings. The normalized spacial score (nSPS) is 27.4. The largest absolute Gasteiger partial charge is 0.371 e. The van der Waals surface area contributed by atoms with Crippen LogP contribution in [0.5, 0.6) is 0 Å². The topological polar surface area (TPSA) is 114 Å². The molecule has 10 heteroatoms. The summed E-state index contributed by atoms with van der Waals surface area (Å²) in [6.45, 7) is 2.18. The fourth-order valence-corrected chi connectivity index (χ4v) is 5.68. The molecule has 3 aliphatic heterocycles. The van der Waals surface area contributed by atoms with Crippen molar-refractivity contribution in [2.45, 2.75) is 76.0 Å². The molecular formula is C25H31F2N5O3. The van der Waals surface area contributed by atoms with Gasteiger partial charge in [-0.05, 0) is 76.0 Å². The summed E-state index contributed by atoms with van der Waals surface area (Å²) in [6.07, 6.45) is 4.85. The lowest BCUT2D eigenvalue weighted by Gasteiger charge is -2.51. The van der Waals surface area contributed by atoms with Crippen molar-refractivity contribution in [3.05, 3.63) is 29.8 Å². The van der Waals surface area contributed by atoms with E-state index in [1.165, 1.54) is 0 Å². The van der Waals surface area contributed by atoms with E-state index in [4.69, 9.17) is 0 Å². The molecule has 4 atom stereocenters. The van der Waals surface area contributed by atoms with Crippen LogP contribution in [0.4, 0.5) is 14.5 Å². The number of fused-ring (bicyclic) bond motifs is 3. The van der Waals surface area contributed by atoms with E-state index in [1.54, 1.807) is 11.8 Å². The molecule has 0 aromatic heterocycles. The average Bonchev–Trinajstić information content (AvgIpc) is 2.86. The third kappa shape index (κ3) is 5.39. The SMILES string of the molecule is C[C@@H](Nc1cc(F)ccc1F)C(=O)N1C2CCC(CC2)[C@@H]1C(=O)N[C@H](C#N)C[C@@H]1CCCNC1=O. The Hall–Kier alpha value is -3.22. The van der Waals surface area contributed by atoms with Crippen molar-refractivity contribution in [3.8, 4) is 6.07 Å². The highest BCUT2D eigenvalue weighted by Crippen LogP contribution is 2.40. The summed E-state index contributed by atoms with van der Waals surface area (Å²) < 4.78 is 27.7. The van der Waals surface area contributed by atoms with Gasteiger partial charge in [0.1, 0.15) is 29.8 Å². The predicted octanol–water partition coefficient (Wildman–Crippen LogP) is 2.46. The van der Waals surface area contributed by atoms with Crippen LogP contribution in [0.15, 0.2) is 18.2 Å². The minimum absolute atomic E-state index is 0.0422. The second-order valence-corrected chi connectivity index (χ2v) is 9.81. The van der Waals surface area contributed by atoms with Crippen LogP contribution in [0.1, 0.15) is 51.9 Å². The van der Waals surface area contributed by atoms with Gasteiger partial charge in [0.05, 0.1) is 11.8 Å². The molecule has 1 aliphatic carbocycles. The van der Waals surface area contributed by atoms with E-state index in [-0.39, 0.29) is 41.8 Å². The maximum atomic E-state index is 14.1. The van der Waals surface area contributed by atoms with E-state index in [0.717, 1.165) is 50.3 Å². The quantitative estimate of drug-likeness (QED) is 0.547. The maximum absolute atomic E-state index is 14.1. The molecule has 2 bridgehead atoms. The van der Waals surface area contributed by atoms with E-state index in [1.807, 2.05) is 0 Å². The van der Waals surface area contributed by atoms with E-state index < -0.39 is 35.7 Å². The average molecular weight is 488 g/mol. The number of rotatable bonds is 7. The third-order valence-electron chi connectivity index (χ3n) is 7.47. The van der Waals surface area contributed by atoms with Gasteiger partial charge in [-0.2, -0.15) is 5.26 Å². The molecule has 1 saturated carbocycles. The summed E-state index contributed by atoms with van der Waals surface area (Å²) >= 11 is 0. The summed E-state index contributed by atoms with van der Waals surface area (Å²) in [4.78, 5) is 40.5. The molecule has 3 amide bonds. The van der Waals surface area contributed by atoms with Crippen molar-refractivity contribution in [1.29, 1.82) is 5.26 Å². The van der Waals surface area contributed by atoms with Crippen LogP contribution in [0.3, 0.4) is 0 Å². The zero-order valence-corrected chi connectivity index (χ0v) is 19.7. The Balaban J connectivity index is 1.47. The van der Waals surface area contributed by atoms with Gasteiger partial charge in [0.25, 0.3) is 0 Å². The van der Waals surface area contributed by atoms with Gasteiger partial charge in [0.15, 0.2) is 0 Å². The zero-order valence-electron chi connectivity index (χ0n) is 19.7. The zero-order chi connectivity index (χ0) is 25.1. The highest BCUT2D eigenvalue weighted by Gasteiger charge is 2.48. The number of piperidine rings is 3. The number of nitrogens with one attached hydrogen (secondary N) is 3. The van der Waals surface area contributed by atoms with Gasteiger partial charge in [-0.3, -0.25) is 14.4 Å². The summed E-state index contributed by atoms with van der Waals surface area (Å²) in [5.74, 6) is -2.56. The number of amides is 3. The van der Waals surface area contributed by atoms with Gasteiger partial charge in [-0.1, -0.05) is 0 Å². The minimum Gasteiger partial charge on any atom is -0.371 e. The number of halogens is 2. The molecule has 4 aliphatic rings. The predicted molar refractivity (Wildman–Crippen MR) is 124 cm³/mol. The van der Waals surface area contributed by atoms with Crippen molar-refractivity contribution in [2.24, 2.45) is 11.8 Å². The molecule has 188 valence electrons. The number of nitrogens with zero attached hydrogens (tertiary/aromatic N) is 2. The van der Waals surface area contributed by atoms with E-state index in [9.17, 15) is 28.4 Å². The van der Waals surface area contributed by atoms with Gasteiger partial charge < -0.3 is 20.9 Å². The molecule has 0 unspecified atom stereocenters. The number of carbonyl (C=O) groups is 3. The number of hydrogen-bond acceptors (Lipinski definition) is 5. The number of hydrogen-bond donors (Lipinski definition) is 3. The van der Waals surface area contributed by atoms with Crippen LogP contribution in [0.2, 0.25) is 0 Å². The van der Waals surface area contributed by atoms with Gasteiger partial charge in [0, 0.05) is 18.5 Å². The molecule has 8 nitrogen and oxygen atoms in total. The van der Waals surface area contributed by atoms with Crippen LogP contribution in [-0.4, -0.2) is 53.3 Å². The van der Waals surface area contributed by atoms with Gasteiger partial charge in [-0.25, -0.2) is 8.78 Å². The van der Waals surface area contributed by atoms with Crippen molar-refractivity contribution >= 4 is 23.4 Å². The monoisotopic (exact) mass is 487 g/mol. The number of carbonyl (C=O) groups excluding carboxylic acids is 3. The fourth-order valence-electron chi connectivity index (χ4n) is 5.68. The highest BCUT2D eigenvalue weighted by atomic mass is 19.1. The first-order valence-corrected chi connectivity index (χ1v) is 12.3. The van der Waals surface area contributed by atoms with Crippen LogP contribution >= 0.6 is 0 Å². The van der Waals surface area contributed by atoms with E-state index in [0.29, 0.717) is 13.0 Å². The molecule has 1 aromatic rings. The molecule has 5 rings (SSSR count). The first-order valence-electron chi connectivity index (χ1n) is 12.3. The number of anilines is 1. The first-order chi connectivity index (χ1) is 16.8. The molecule has 3 N–H and O–H groups in total. The van der Waals surface area contributed by atoms with Crippen molar-refractivity contribution in [3.63, 3.8) is 0 Å². The summed E-state index contributed by atoms with van der Waals surface area (Å²) in [7, 11) is 0. The molecule has 3 heterocycles. The van der Waals surface area contributed by atoms with E-state index in [2.05, 4.69) is 22.0 Å². The Morgan fingerprint density at radius 3 is 2.66 bits per heavy atom. The number of nitriles is 1. The maximum Gasteiger partial charge on any atom is 0.245 e. The van der Waals surface area contributed by atoms with Gasteiger partial charge in [0.2, 0.25) is 17.7 Å². The first kappa shape index (κ1) is 24.9. The Kier molecular flexibility index (Phi) is 7.53. The molecule has 3 saturated heterocycles. The van der Waals surface area contributed by atoms with Crippen LogP contribution in [0, 0.1) is 34.8 Å². The highest BCUT2D eigenvalue weighted by molar-refractivity contribution is 5.92. The second kappa shape index (κ2) is 10.6. The standard InChI is InChI=1S/C25H31F2N5O3/c1-14(30-21-12-17(26)6-9-20(21)27)25(35)32-19-7-4-15(5-8-19)22(32)24(34)31-18(13-28)11-16-3-2-10-29-23(16)33/h6,9,12,14-16,18-19,22,30H,2-5,7-8,10-11H2,1H3,(H,29,33)(H,31,34)/t14-,15?,16+,18+,19?,22-/m1/s1. The molecule has 1 aromatic carbocycles. The van der Waals surface area contributed by atoms with Crippen molar-refractivity contribution in [1.82, 2.24) is 15.5 Å². The number of benzene rings is 1. The fraction of sp³-hybridized carbons (Fsp3) is 0.600. The Bertz CT molecular complexity index is 1020. The lowest BCUT2D eigenvalue weighted by atomic mass is 9.74. The van der Waals surface area contributed by atoms with Crippen molar-refractivity contribution in [2.75, 3.05) is 11.9 Å². The Labute approximate surface area is 203 Å². The molecule has 35 heavy (non-hydrogen) atoms. The Morgan fingerprint density at radius 1 is 1.23 bits per heavy atom. The van der Waals surface area contributed by atoms with Gasteiger partial charge >= 0.3 is 0 Å². The second-order valence-electron chi connectivity index (χ2n) is 9.81. The van der Waals surface area contributed by atoms with Gasteiger partial charge in [-0.15, -0.1) is 0 Å². The summed E-state index contributed by atoms with van der Waals surface area (Å²) in [5.41, 5.74) is -0.121. The molecule has 0 radical (unpaired) electrons. The van der Waals surface area contributed by atoms with Crippen LogP contribution in [0.25, 0.3) is 0 Å². The minimum atomic E-state index is -0.890. The lowest BCUT2D eigenvalue weighted by molar-refractivity contribution is -0.154. The molecule has 0 spiro atoms. The smallest absolute Gasteiger partial charge is 0.245 e. The Morgan fingerprint density at radius 2 is 1.97 bits per heavy atom. The lowest BCUT2D eigenvalue weighted by Crippen LogP contribution is -2.65. The summed E-state index contributed by atoms with van der Waals surface area (Å²) in [5, 5.41) is 18.0. The van der Waals surface area contributed by atoms with Crippen LogP contribution < -0.4 is 16.0 Å². The van der Waals surface area contributed by atoms with E-state index >= 15 is 0 Å².